The fourth-order valence-electron chi connectivity index (χ4n) is 2.96. The van der Waals surface area contributed by atoms with Crippen LogP contribution in [0.4, 0.5) is 0 Å². The molecule has 134 valence electrons. The second-order valence-electron chi connectivity index (χ2n) is 6.23. The van der Waals surface area contributed by atoms with Gasteiger partial charge in [0.2, 0.25) is 11.8 Å². The van der Waals surface area contributed by atoms with E-state index < -0.39 is 5.91 Å². The number of fused-ring (bicyclic) bond motifs is 1. The fraction of sp³-hybridized carbons (Fsp3) is 0.211. The first kappa shape index (κ1) is 17.5. The minimum Gasteiger partial charge on any atom is -0.366 e. The lowest BCUT2D eigenvalue weighted by Gasteiger charge is -2.18. The molecule has 0 bridgehead atoms. The SMILES string of the molecule is CN(Cc1cccc(C(N)=O)c1)C(=O)Cn1c(=O)n(C)c2ccccc21. The number of rotatable bonds is 5. The average Bonchev–Trinajstić information content (AvgIpc) is 2.87. The maximum Gasteiger partial charge on any atom is 0.329 e. The molecule has 0 fully saturated rings. The number of hydrogen-bond acceptors (Lipinski definition) is 3. The zero-order chi connectivity index (χ0) is 18.8. The van der Waals surface area contributed by atoms with E-state index in [-0.39, 0.29) is 18.1 Å². The third kappa shape index (κ3) is 3.23. The number of nitrogens with two attached hydrogens (primary N) is 1. The van der Waals surface area contributed by atoms with Crippen LogP contribution in [0, 0.1) is 0 Å². The lowest BCUT2D eigenvalue weighted by molar-refractivity contribution is -0.131. The zero-order valence-electron chi connectivity index (χ0n) is 14.7. The van der Waals surface area contributed by atoms with E-state index in [0.717, 1.165) is 16.6 Å². The molecule has 0 unspecified atom stereocenters. The van der Waals surface area contributed by atoms with Gasteiger partial charge in [-0.3, -0.25) is 18.7 Å². The molecule has 26 heavy (non-hydrogen) atoms. The van der Waals surface area contributed by atoms with Crippen molar-refractivity contribution in [3.05, 3.63) is 70.1 Å². The van der Waals surface area contributed by atoms with Crippen molar-refractivity contribution < 1.29 is 9.59 Å². The Morgan fingerprint density at radius 2 is 1.77 bits per heavy atom. The van der Waals surface area contributed by atoms with Crippen LogP contribution in [0.3, 0.4) is 0 Å². The van der Waals surface area contributed by atoms with Gasteiger partial charge in [-0.05, 0) is 29.8 Å². The Morgan fingerprint density at radius 3 is 2.46 bits per heavy atom. The third-order valence-corrected chi connectivity index (χ3v) is 4.40. The van der Waals surface area contributed by atoms with Crippen LogP contribution in [-0.2, 0) is 24.9 Å². The molecular weight excluding hydrogens is 332 g/mol. The molecule has 0 aliphatic carbocycles. The molecule has 7 heteroatoms. The maximum absolute atomic E-state index is 12.6. The van der Waals surface area contributed by atoms with Gasteiger partial charge in [-0.25, -0.2) is 4.79 Å². The van der Waals surface area contributed by atoms with Crippen molar-refractivity contribution in [3.8, 4) is 0 Å². The highest BCUT2D eigenvalue weighted by Crippen LogP contribution is 2.12. The average molecular weight is 352 g/mol. The van der Waals surface area contributed by atoms with Gasteiger partial charge in [0.1, 0.15) is 6.54 Å². The monoisotopic (exact) mass is 352 g/mol. The first-order valence-electron chi connectivity index (χ1n) is 8.15. The molecule has 7 nitrogen and oxygen atoms in total. The van der Waals surface area contributed by atoms with Crippen LogP contribution in [-0.4, -0.2) is 32.9 Å². The minimum atomic E-state index is -0.511. The number of aromatic nitrogens is 2. The van der Waals surface area contributed by atoms with Crippen LogP contribution >= 0.6 is 0 Å². The van der Waals surface area contributed by atoms with Crippen molar-refractivity contribution in [1.82, 2.24) is 14.0 Å². The van der Waals surface area contributed by atoms with Crippen molar-refractivity contribution in [2.24, 2.45) is 12.8 Å². The number of aryl methyl sites for hydroxylation is 1. The number of nitrogens with zero attached hydrogens (tertiary/aromatic N) is 3. The molecule has 1 heterocycles. The summed E-state index contributed by atoms with van der Waals surface area (Å²) in [6.07, 6.45) is 0. The molecule has 0 spiro atoms. The molecular formula is C19H20N4O3. The Labute approximate surface area is 150 Å². The quantitative estimate of drug-likeness (QED) is 0.745. The molecule has 0 atom stereocenters. The summed E-state index contributed by atoms with van der Waals surface area (Å²) in [4.78, 5) is 37.8. The van der Waals surface area contributed by atoms with Crippen LogP contribution in [0.5, 0.6) is 0 Å². The number of amides is 2. The predicted molar refractivity (Wildman–Crippen MR) is 98.6 cm³/mol. The molecule has 0 saturated carbocycles. The molecule has 0 saturated heterocycles. The largest absolute Gasteiger partial charge is 0.366 e. The highest BCUT2D eigenvalue weighted by molar-refractivity contribution is 5.92. The number of likely N-dealkylation sites (N-methyl/N-ethyl adjacent to an activating group) is 1. The van der Waals surface area contributed by atoms with Crippen LogP contribution in [0.25, 0.3) is 11.0 Å². The Balaban J connectivity index is 1.80. The molecule has 2 aromatic carbocycles. The molecule has 3 rings (SSSR count). The predicted octanol–water partition coefficient (Wildman–Crippen LogP) is 1.10. The summed E-state index contributed by atoms with van der Waals surface area (Å²) in [6.45, 7) is 0.270. The summed E-state index contributed by atoms with van der Waals surface area (Å²) in [5.41, 5.74) is 7.75. The number of hydrogen-bond donors (Lipinski definition) is 1. The van der Waals surface area contributed by atoms with E-state index in [1.54, 1.807) is 32.3 Å². The van der Waals surface area contributed by atoms with Gasteiger partial charge in [-0.15, -0.1) is 0 Å². The summed E-state index contributed by atoms with van der Waals surface area (Å²) in [5.74, 6) is -0.712. The maximum atomic E-state index is 12.6. The lowest BCUT2D eigenvalue weighted by atomic mass is 10.1. The van der Waals surface area contributed by atoms with E-state index in [1.165, 1.54) is 14.0 Å². The van der Waals surface area contributed by atoms with Crippen LogP contribution in [0.2, 0.25) is 0 Å². The molecule has 2 N–H and O–H groups in total. The highest BCUT2D eigenvalue weighted by atomic mass is 16.2. The zero-order valence-corrected chi connectivity index (χ0v) is 14.7. The van der Waals surface area contributed by atoms with E-state index in [4.69, 9.17) is 5.73 Å². The summed E-state index contributed by atoms with van der Waals surface area (Å²) < 4.78 is 2.99. The van der Waals surface area contributed by atoms with E-state index >= 15 is 0 Å². The molecule has 0 radical (unpaired) electrons. The second-order valence-corrected chi connectivity index (χ2v) is 6.23. The number of benzene rings is 2. The van der Waals surface area contributed by atoms with Crippen molar-refractivity contribution in [2.45, 2.75) is 13.1 Å². The second kappa shape index (κ2) is 6.87. The third-order valence-electron chi connectivity index (χ3n) is 4.40. The normalized spacial score (nSPS) is 10.8. The number of para-hydroxylation sites is 2. The standard InChI is InChI=1S/C19H20N4O3/c1-21(11-13-6-5-7-14(10-13)18(20)25)17(24)12-23-16-9-4-3-8-15(16)22(2)19(23)26/h3-10H,11-12H2,1-2H3,(H2,20,25). The van der Waals surface area contributed by atoms with Gasteiger partial charge in [-0.2, -0.15) is 0 Å². The topological polar surface area (TPSA) is 90.3 Å². The first-order chi connectivity index (χ1) is 12.4. The van der Waals surface area contributed by atoms with Gasteiger partial charge >= 0.3 is 5.69 Å². The van der Waals surface area contributed by atoms with Crippen LogP contribution in [0.15, 0.2) is 53.3 Å². The Morgan fingerprint density at radius 1 is 1.08 bits per heavy atom. The van der Waals surface area contributed by atoms with E-state index in [0.29, 0.717) is 12.1 Å². The molecule has 1 aromatic heterocycles. The van der Waals surface area contributed by atoms with Crippen molar-refractivity contribution in [2.75, 3.05) is 7.05 Å². The number of primary amides is 1. The van der Waals surface area contributed by atoms with Crippen LogP contribution < -0.4 is 11.4 Å². The van der Waals surface area contributed by atoms with Gasteiger partial charge in [0.15, 0.2) is 0 Å². The van der Waals surface area contributed by atoms with Crippen molar-refractivity contribution in [3.63, 3.8) is 0 Å². The fourth-order valence-corrected chi connectivity index (χ4v) is 2.96. The van der Waals surface area contributed by atoms with E-state index in [2.05, 4.69) is 0 Å². The smallest absolute Gasteiger partial charge is 0.329 e. The summed E-state index contributed by atoms with van der Waals surface area (Å²) >= 11 is 0. The van der Waals surface area contributed by atoms with Gasteiger partial charge in [0, 0.05) is 26.2 Å². The van der Waals surface area contributed by atoms with Crippen molar-refractivity contribution >= 4 is 22.8 Å². The summed E-state index contributed by atoms with van der Waals surface area (Å²) in [5, 5.41) is 0. The highest BCUT2D eigenvalue weighted by Gasteiger charge is 2.16. The molecule has 0 aliphatic rings. The van der Waals surface area contributed by atoms with Gasteiger partial charge in [0.25, 0.3) is 0 Å². The molecule has 3 aromatic rings. The Hall–Kier alpha value is -3.35. The summed E-state index contributed by atoms with van der Waals surface area (Å²) in [7, 11) is 3.35. The Kier molecular flexibility index (Phi) is 4.62. The van der Waals surface area contributed by atoms with E-state index in [9.17, 15) is 14.4 Å². The molecule has 0 aliphatic heterocycles. The minimum absolute atomic E-state index is 0.0494. The van der Waals surface area contributed by atoms with E-state index in [1.807, 2.05) is 30.3 Å². The first-order valence-corrected chi connectivity index (χ1v) is 8.15. The number of carbonyl (C=O) groups excluding carboxylic acids is 2. The van der Waals surface area contributed by atoms with Crippen LogP contribution in [0.1, 0.15) is 15.9 Å². The number of carbonyl (C=O) groups is 2. The molecule has 2 amide bonds. The number of imidazole rings is 1. The Bertz CT molecular complexity index is 1050. The summed E-state index contributed by atoms with van der Waals surface area (Å²) in [6, 6.07) is 14.2. The van der Waals surface area contributed by atoms with Gasteiger partial charge in [0.05, 0.1) is 11.0 Å². The van der Waals surface area contributed by atoms with Gasteiger partial charge in [-0.1, -0.05) is 24.3 Å². The lowest BCUT2D eigenvalue weighted by Crippen LogP contribution is -2.33. The van der Waals surface area contributed by atoms with Gasteiger partial charge < -0.3 is 10.6 Å². The van der Waals surface area contributed by atoms with Crippen molar-refractivity contribution in [1.29, 1.82) is 0 Å².